The molecule has 2 fully saturated rings. The van der Waals surface area contributed by atoms with Crippen molar-refractivity contribution in [2.24, 2.45) is 5.73 Å². The highest BCUT2D eigenvalue weighted by atomic mass is 35.5. The molecule has 6 heteroatoms. The largest absolute Gasteiger partial charge is 0.368 e. The van der Waals surface area contributed by atoms with Crippen LogP contribution in [0.15, 0.2) is 24.3 Å². The van der Waals surface area contributed by atoms with Crippen LogP contribution >= 0.6 is 11.6 Å². The Morgan fingerprint density at radius 1 is 1.14 bits per heavy atom. The number of halogens is 1. The minimum absolute atomic E-state index is 0.299. The molecule has 116 valence electrons. The highest BCUT2D eigenvalue weighted by Crippen LogP contribution is 2.31. The second-order valence-electron chi connectivity index (χ2n) is 6.07. The normalized spacial score (nSPS) is 19.5. The smallest absolute Gasteiger partial charge is 0.148 e. The van der Waals surface area contributed by atoms with Crippen LogP contribution in [-0.4, -0.2) is 50.3 Å². The predicted molar refractivity (Wildman–Crippen MR) is 92.0 cm³/mol. The molecule has 0 saturated carbocycles. The molecule has 0 spiro atoms. The van der Waals surface area contributed by atoms with Gasteiger partial charge in [0.1, 0.15) is 5.82 Å². The molecule has 2 aliphatic rings. The molecule has 2 saturated heterocycles. The van der Waals surface area contributed by atoms with Gasteiger partial charge in [0.2, 0.25) is 0 Å². The summed E-state index contributed by atoms with van der Waals surface area (Å²) in [5, 5.41) is 5.16. The monoisotopic (exact) mass is 317 g/mol. The highest BCUT2D eigenvalue weighted by Gasteiger charge is 2.23. The summed E-state index contributed by atoms with van der Waals surface area (Å²) in [7, 11) is 0. The minimum Gasteiger partial charge on any atom is -0.368 e. The molecule has 4 rings (SSSR count). The average molecular weight is 318 g/mol. The number of aromatic nitrogens is 1. The Labute approximate surface area is 135 Å². The molecule has 22 heavy (non-hydrogen) atoms. The number of fused-ring (bicyclic) bond motifs is 1. The quantitative estimate of drug-likeness (QED) is 0.878. The van der Waals surface area contributed by atoms with E-state index in [0.717, 1.165) is 61.0 Å². The number of pyridine rings is 1. The van der Waals surface area contributed by atoms with Crippen LogP contribution in [0.3, 0.4) is 0 Å². The van der Waals surface area contributed by atoms with E-state index in [0.29, 0.717) is 6.04 Å². The summed E-state index contributed by atoms with van der Waals surface area (Å²) in [6, 6.07) is 8.69. The van der Waals surface area contributed by atoms with Crippen molar-refractivity contribution in [1.82, 2.24) is 10.3 Å². The average Bonchev–Trinajstić information content (AvgIpc) is 2.51. The first-order valence-electron chi connectivity index (χ1n) is 7.77. The Morgan fingerprint density at radius 2 is 1.91 bits per heavy atom. The van der Waals surface area contributed by atoms with Gasteiger partial charge in [-0.25, -0.2) is 4.98 Å². The highest BCUT2D eigenvalue weighted by molar-refractivity contribution is 6.33. The number of anilines is 2. The third kappa shape index (κ3) is 2.49. The fraction of sp³-hybridized carbons (Fsp3) is 0.438. The molecular formula is C16H20ClN5. The standard InChI is InChI=1S/C16H20ClN5/c17-14-8-11-7-13(22-9-12(18)10-22)1-2-15(11)20-16(14)21-5-3-19-4-6-21/h1-2,7-8,12,19H,3-6,9-10,18H2. The Bertz CT molecular complexity index is 692. The molecule has 1 aromatic carbocycles. The SMILES string of the molecule is NC1CN(c2ccc3nc(N4CCNCC4)c(Cl)cc3c2)C1. The molecule has 0 unspecified atom stereocenters. The van der Waals surface area contributed by atoms with Gasteiger partial charge in [0.15, 0.2) is 0 Å². The summed E-state index contributed by atoms with van der Waals surface area (Å²) in [5.74, 6) is 0.898. The summed E-state index contributed by atoms with van der Waals surface area (Å²) in [5.41, 5.74) is 8.05. The van der Waals surface area contributed by atoms with Gasteiger partial charge in [-0.3, -0.25) is 0 Å². The van der Waals surface area contributed by atoms with Crippen molar-refractivity contribution >= 4 is 34.0 Å². The third-order valence-corrected chi connectivity index (χ3v) is 4.70. The zero-order valence-electron chi connectivity index (χ0n) is 12.4. The molecule has 0 amide bonds. The van der Waals surface area contributed by atoms with Crippen LogP contribution in [0.2, 0.25) is 5.02 Å². The zero-order chi connectivity index (χ0) is 15.1. The van der Waals surface area contributed by atoms with Gasteiger partial charge in [0.25, 0.3) is 0 Å². The van der Waals surface area contributed by atoms with E-state index >= 15 is 0 Å². The molecule has 0 radical (unpaired) electrons. The molecule has 1 aromatic heterocycles. The summed E-state index contributed by atoms with van der Waals surface area (Å²) < 4.78 is 0. The van der Waals surface area contributed by atoms with E-state index in [9.17, 15) is 0 Å². The van der Waals surface area contributed by atoms with Gasteiger partial charge in [0, 0.05) is 56.4 Å². The van der Waals surface area contributed by atoms with E-state index in [1.54, 1.807) is 0 Å². The lowest BCUT2D eigenvalue weighted by Crippen LogP contribution is -2.55. The van der Waals surface area contributed by atoms with Gasteiger partial charge in [-0.15, -0.1) is 0 Å². The maximum atomic E-state index is 6.48. The van der Waals surface area contributed by atoms with Gasteiger partial charge < -0.3 is 20.9 Å². The summed E-state index contributed by atoms with van der Waals surface area (Å²) in [6.07, 6.45) is 0. The van der Waals surface area contributed by atoms with Gasteiger partial charge in [0.05, 0.1) is 10.5 Å². The lowest BCUT2D eigenvalue weighted by molar-refractivity contribution is 0.520. The van der Waals surface area contributed by atoms with E-state index < -0.39 is 0 Å². The van der Waals surface area contributed by atoms with Crippen molar-refractivity contribution in [2.45, 2.75) is 6.04 Å². The van der Waals surface area contributed by atoms with Crippen LogP contribution < -0.4 is 20.9 Å². The van der Waals surface area contributed by atoms with Crippen LogP contribution in [-0.2, 0) is 0 Å². The number of rotatable bonds is 2. The molecule has 0 atom stereocenters. The molecular weight excluding hydrogens is 298 g/mol. The second-order valence-corrected chi connectivity index (χ2v) is 6.48. The van der Waals surface area contributed by atoms with Crippen LogP contribution in [0.25, 0.3) is 10.9 Å². The number of nitrogens with zero attached hydrogens (tertiary/aromatic N) is 3. The minimum atomic E-state index is 0.299. The third-order valence-electron chi connectivity index (χ3n) is 4.42. The summed E-state index contributed by atoms with van der Waals surface area (Å²) >= 11 is 6.48. The predicted octanol–water partition coefficient (Wildman–Crippen LogP) is 1.45. The van der Waals surface area contributed by atoms with E-state index in [-0.39, 0.29) is 0 Å². The second kappa shape index (κ2) is 5.57. The van der Waals surface area contributed by atoms with Gasteiger partial charge in [-0.2, -0.15) is 0 Å². The number of benzene rings is 1. The van der Waals surface area contributed by atoms with Gasteiger partial charge in [-0.05, 0) is 24.3 Å². The number of hydrogen-bond acceptors (Lipinski definition) is 5. The fourth-order valence-corrected chi connectivity index (χ4v) is 3.43. The Hall–Kier alpha value is -1.56. The zero-order valence-corrected chi connectivity index (χ0v) is 13.2. The van der Waals surface area contributed by atoms with Crippen molar-refractivity contribution in [3.63, 3.8) is 0 Å². The number of hydrogen-bond donors (Lipinski definition) is 2. The Morgan fingerprint density at radius 3 is 2.64 bits per heavy atom. The first-order valence-corrected chi connectivity index (χ1v) is 8.15. The number of nitrogens with two attached hydrogens (primary N) is 1. The first-order chi connectivity index (χ1) is 10.7. The maximum Gasteiger partial charge on any atom is 0.148 e. The van der Waals surface area contributed by atoms with Crippen molar-refractivity contribution < 1.29 is 0 Å². The molecule has 2 aliphatic heterocycles. The van der Waals surface area contributed by atoms with Crippen molar-refractivity contribution in [3.8, 4) is 0 Å². The van der Waals surface area contributed by atoms with Crippen molar-refractivity contribution in [2.75, 3.05) is 49.1 Å². The Balaban J connectivity index is 1.67. The summed E-state index contributed by atoms with van der Waals surface area (Å²) in [4.78, 5) is 9.31. The van der Waals surface area contributed by atoms with E-state index in [2.05, 4.69) is 33.3 Å². The van der Waals surface area contributed by atoms with Crippen LogP contribution in [0.1, 0.15) is 0 Å². The number of piperazine rings is 1. The van der Waals surface area contributed by atoms with E-state index in [1.165, 1.54) is 5.69 Å². The van der Waals surface area contributed by atoms with E-state index in [1.807, 2.05) is 6.07 Å². The van der Waals surface area contributed by atoms with Crippen molar-refractivity contribution in [3.05, 3.63) is 29.3 Å². The molecule has 3 heterocycles. The van der Waals surface area contributed by atoms with Crippen LogP contribution in [0, 0.1) is 0 Å². The van der Waals surface area contributed by atoms with Crippen molar-refractivity contribution in [1.29, 1.82) is 0 Å². The Kier molecular flexibility index (Phi) is 3.56. The maximum absolute atomic E-state index is 6.48. The fourth-order valence-electron chi connectivity index (χ4n) is 3.15. The molecule has 3 N–H and O–H groups in total. The summed E-state index contributed by atoms with van der Waals surface area (Å²) in [6.45, 7) is 5.69. The first kappa shape index (κ1) is 14.1. The molecule has 2 aromatic rings. The number of nitrogens with one attached hydrogen (secondary N) is 1. The molecule has 5 nitrogen and oxygen atoms in total. The molecule has 0 bridgehead atoms. The van der Waals surface area contributed by atoms with E-state index in [4.69, 9.17) is 22.3 Å². The lowest BCUT2D eigenvalue weighted by Gasteiger charge is -2.39. The van der Waals surface area contributed by atoms with Crippen LogP contribution in [0.5, 0.6) is 0 Å². The lowest BCUT2D eigenvalue weighted by atomic mass is 10.1. The topological polar surface area (TPSA) is 57.4 Å². The van der Waals surface area contributed by atoms with Gasteiger partial charge >= 0.3 is 0 Å². The van der Waals surface area contributed by atoms with Gasteiger partial charge in [-0.1, -0.05) is 11.6 Å². The molecule has 0 aliphatic carbocycles. The van der Waals surface area contributed by atoms with Crippen LogP contribution in [0.4, 0.5) is 11.5 Å².